The molecule has 1 aromatic carbocycles. The van der Waals surface area contributed by atoms with E-state index < -0.39 is 17.7 Å². The molecule has 130 valence electrons. The Bertz CT molecular complexity index is 865. The lowest BCUT2D eigenvalue weighted by atomic mass is 10.0. The van der Waals surface area contributed by atoms with Gasteiger partial charge in [0, 0.05) is 24.5 Å². The van der Waals surface area contributed by atoms with Crippen LogP contribution >= 0.6 is 11.3 Å². The van der Waals surface area contributed by atoms with E-state index in [2.05, 4.69) is 5.16 Å². The Morgan fingerprint density at radius 1 is 1.12 bits per heavy atom. The minimum Gasteiger partial charge on any atom is -0.370 e. The fourth-order valence-corrected chi connectivity index (χ4v) is 3.11. The van der Waals surface area contributed by atoms with Gasteiger partial charge in [-0.1, -0.05) is 17.3 Å². The number of carbonyl (C=O) groups is 1. The zero-order chi connectivity index (χ0) is 18.2. The van der Waals surface area contributed by atoms with Crippen molar-refractivity contribution >= 4 is 34.1 Å². The minimum atomic E-state index is -4.42. The lowest BCUT2D eigenvalue weighted by molar-refractivity contribution is -0.138. The number of thiophene rings is 1. The maximum atomic E-state index is 12.7. The third kappa shape index (κ3) is 3.58. The molecule has 4 nitrogen and oxygen atoms in total. The Balaban J connectivity index is 1.92. The van der Waals surface area contributed by atoms with Crippen LogP contribution in [0.2, 0.25) is 0 Å². The second kappa shape index (κ2) is 6.36. The summed E-state index contributed by atoms with van der Waals surface area (Å²) in [5.41, 5.74) is 0.0569. The Kier molecular flexibility index (Phi) is 4.38. The smallest absolute Gasteiger partial charge is 0.370 e. The van der Waals surface area contributed by atoms with Crippen molar-refractivity contribution in [1.29, 1.82) is 0 Å². The third-order valence-corrected chi connectivity index (χ3v) is 4.72. The van der Waals surface area contributed by atoms with Crippen LogP contribution in [0.4, 0.5) is 18.2 Å². The van der Waals surface area contributed by atoms with E-state index in [0.29, 0.717) is 5.56 Å². The number of anilines is 1. The summed E-state index contributed by atoms with van der Waals surface area (Å²) >= 11 is 1.47. The van der Waals surface area contributed by atoms with Crippen molar-refractivity contribution in [1.82, 2.24) is 0 Å². The van der Waals surface area contributed by atoms with E-state index in [9.17, 15) is 18.0 Å². The van der Waals surface area contributed by atoms with Crippen LogP contribution in [0.15, 0.2) is 47.1 Å². The lowest BCUT2D eigenvalue weighted by Crippen LogP contribution is -2.08. The van der Waals surface area contributed by atoms with E-state index in [0.717, 1.165) is 22.0 Å². The van der Waals surface area contributed by atoms with Crippen molar-refractivity contribution in [2.75, 3.05) is 19.0 Å². The fourth-order valence-electron chi connectivity index (χ4n) is 2.24. The molecule has 0 amide bonds. The van der Waals surface area contributed by atoms with Gasteiger partial charge in [-0.2, -0.15) is 13.2 Å². The van der Waals surface area contributed by atoms with Gasteiger partial charge < -0.3 is 9.74 Å². The average molecular weight is 366 g/mol. The van der Waals surface area contributed by atoms with Crippen LogP contribution in [0.1, 0.15) is 16.0 Å². The van der Waals surface area contributed by atoms with Gasteiger partial charge in [0.05, 0.1) is 16.1 Å². The standard InChI is InChI=1S/C17H13F3N2O2S/c1-22(2)14-8-7-12(25-14)9-13-15(21-24-16(13)23)10-3-5-11(6-4-10)17(18,19)20/h3-9H,1-2H3/b13-9+. The number of alkyl halides is 3. The second-order valence-corrected chi connectivity index (χ2v) is 6.62. The maximum Gasteiger partial charge on any atom is 0.416 e. The molecule has 0 aliphatic carbocycles. The monoisotopic (exact) mass is 366 g/mol. The average Bonchev–Trinajstić information content (AvgIpc) is 3.15. The molecule has 0 bridgehead atoms. The molecular formula is C17H13F3N2O2S. The first-order valence-corrected chi connectivity index (χ1v) is 8.03. The van der Waals surface area contributed by atoms with Gasteiger partial charge in [-0.15, -0.1) is 11.3 Å². The highest BCUT2D eigenvalue weighted by atomic mass is 32.1. The molecule has 0 radical (unpaired) electrons. The van der Waals surface area contributed by atoms with Gasteiger partial charge in [-0.05, 0) is 30.3 Å². The molecule has 8 heteroatoms. The molecule has 0 spiro atoms. The molecule has 0 N–H and O–H groups in total. The summed E-state index contributed by atoms with van der Waals surface area (Å²) in [6.45, 7) is 0. The normalized spacial score (nSPS) is 16.1. The zero-order valence-electron chi connectivity index (χ0n) is 13.3. The van der Waals surface area contributed by atoms with E-state index in [-0.39, 0.29) is 11.3 Å². The van der Waals surface area contributed by atoms with Crippen LogP contribution in [0.5, 0.6) is 0 Å². The van der Waals surface area contributed by atoms with Crippen LogP contribution in [0, 0.1) is 0 Å². The van der Waals surface area contributed by atoms with Crippen LogP contribution in [0.25, 0.3) is 6.08 Å². The number of rotatable bonds is 3. The molecule has 25 heavy (non-hydrogen) atoms. The number of halogens is 3. The summed E-state index contributed by atoms with van der Waals surface area (Å²) in [7, 11) is 3.81. The van der Waals surface area contributed by atoms with Crippen LogP contribution < -0.4 is 4.90 Å². The first-order valence-electron chi connectivity index (χ1n) is 7.22. The number of oxime groups is 1. The fraction of sp³-hybridized carbons (Fsp3) is 0.176. The van der Waals surface area contributed by atoms with Crippen molar-refractivity contribution in [2.24, 2.45) is 5.16 Å². The molecule has 2 heterocycles. The van der Waals surface area contributed by atoms with Gasteiger partial charge in [0.25, 0.3) is 0 Å². The predicted octanol–water partition coefficient (Wildman–Crippen LogP) is 4.18. The number of hydrogen-bond donors (Lipinski definition) is 0. The Morgan fingerprint density at radius 2 is 1.80 bits per heavy atom. The van der Waals surface area contributed by atoms with Crippen molar-refractivity contribution in [3.05, 3.63) is 58.0 Å². The van der Waals surface area contributed by atoms with Gasteiger partial charge in [0.1, 0.15) is 5.71 Å². The topological polar surface area (TPSA) is 41.9 Å². The highest BCUT2D eigenvalue weighted by Crippen LogP contribution is 2.31. The van der Waals surface area contributed by atoms with Gasteiger partial charge in [-0.25, -0.2) is 4.79 Å². The molecule has 1 aliphatic heterocycles. The summed E-state index contributed by atoms with van der Waals surface area (Å²) in [4.78, 5) is 19.4. The SMILES string of the molecule is CN(C)c1ccc(/C=C2/C(=O)ON=C2c2ccc(C(F)(F)F)cc2)s1. The van der Waals surface area contributed by atoms with Gasteiger partial charge in [0.15, 0.2) is 0 Å². The molecule has 1 aromatic heterocycles. The second-order valence-electron chi connectivity index (χ2n) is 5.52. The molecule has 0 saturated carbocycles. The highest BCUT2D eigenvalue weighted by molar-refractivity contribution is 7.17. The number of carbonyl (C=O) groups excluding carboxylic acids is 1. The first kappa shape index (κ1) is 17.2. The minimum absolute atomic E-state index is 0.215. The van der Waals surface area contributed by atoms with Gasteiger partial charge in [0.2, 0.25) is 0 Å². The zero-order valence-corrected chi connectivity index (χ0v) is 14.1. The Labute approximate surface area is 145 Å². The van der Waals surface area contributed by atoms with Crippen molar-refractivity contribution < 1.29 is 22.8 Å². The van der Waals surface area contributed by atoms with E-state index in [1.807, 2.05) is 31.1 Å². The van der Waals surface area contributed by atoms with Crippen LogP contribution in [-0.4, -0.2) is 25.8 Å². The molecular weight excluding hydrogens is 353 g/mol. The molecule has 0 saturated heterocycles. The largest absolute Gasteiger partial charge is 0.416 e. The van der Waals surface area contributed by atoms with Crippen LogP contribution in [-0.2, 0) is 15.8 Å². The van der Waals surface area contributed by atoms with E-state index in [1.165, 1.54) is 23.5 Å². The van der Waals surface area contributed by atoms with Gasteiger partial charge >= 0.3 is 12.1 Å². The molecule has 2 aromatic rings. The Hall–Kier alpha value is -2.61. The van der Waals surface area contributed by atoms with E-state index >= 15 is 0 Å². The third-order valence-electron chi connectivity index (χ3n) is 3.52. The molecule has 0 unspecified atom stereocenters. The summed E-state index contributed by atoms with van der Waals surface area (Å²) in [6.07, 6.45) is -2.79. The molecule has 1 aliphatic rings. The predicted molar refractivity (Wildman–Crippen MR) is 90.7 cm³/mol. The number of hydrogen-bond acceptors (Lipinski definition) is 5. The van der Waals surface area contributed by atoms with Crippen LogP contribution in [0.3, 0.4) is 0 Å². The van der Waals surface area contributed by atoms with Crippen molar-refractivity contribution in [2.45, 2.75) is 6.18 Å². The van der Waals surface area contributed by atoms with E-state index in [1.54, 1.807) is 6.08 Å². The highest BCUT2D eigenvalue weighted by Gasteiger charge is 2.31. The van der Waals surface area contributed by atoms with Crippen molar-refractivity contribution in [3.8, 4) is 0 Å². The maximum absolute atomic E-state index is 12.7. The number of benzene rings is 1. The number of nitrogens with zero attached hydrogens (tertiary/aromatic N) is 2. The molecule has 0 atom stereocenters. The lowest BCUT2D eigenvalue weighted by Gasteiger charge is -2.07. The van der Waals surface area contributed by atoms with Gasteiger partial charge in [-0.3, -0.25) is 0 Å². The Morgan fingerprint density at radius 3 is 2.36 bits per heavy atom. The molecule has 0 fully saturated rings. The summed E-state index contributed by atoms with van der Waals surface area (Å²) < 4.78 is 38.0. The summed E-state index contributed by atoms with van der Waals surface area (Å²) in [5.74, 6) is -0.630. The summed E-state index contributed by atoms with van der Waals surface area (Å²) in [5, 5.41) is 4.72. The quantitative estimate of drug-likeness (QED) is 0.605. The van der Waals surface area contributed by atoms with E-state index in [4.69, 9.17) is 4.84 Å². The first-order chi connectivity index (χ1) is 11.8. The summed E-state index contributed by atoms with van der Waals surface area (Å²) in [6, 6.07) is 8.21. The molecule has 3 rings (SSSR count). The van der Waals surface area contributed by atoms with Crippen molar-refractivity contribution in [3.63, 3.8) is 0 Å².